The third-order valence-corrected chi connectivity index (χ3v) is 4.56. The van der Waals surface area contributed by atoms with Gasteiger partial charge in [-0.25, -0.2) is 0 Å². The van der Waals surface area contributed by atoms with Crippen LogP contribution in [0.25, 0.3) is 10.9 Å². The van der Waals surface area contributed by atoms with Crippen LogP contribution < -0.4 is 5.32 Å². The van der Waals surface area contributed by atoms with Crippen LogP contribution in [-0.4, -0.2) is 17.7 Å². The van der Waals surface area contributed by atoms with Gasteiger partial charge in [-0.15, -0.1) is 0 Å². The van der Waals surface area contributed by atoms with E-state index in [1.54, 1.807) is 0 Å². The first-order chi connectivity index (χ1) is 8.74. The minimum Gasteiger partial charge on any atom is -0.349 e. The Hall–Kier alpha value is -0.800. The molecule has 1 aliphatic heterocycles. The van der Waals surface area contributed by atoms with Crippen LogP contribution in [0.3, 0.4) is 0 Å². The quantitative estimate of drug-likeness (QED) is 0.899. The number of benzene rings is 1. The molecule has 2 aromatic rings. The van der Waals surface area contributed by atoms with E-state index in [1.165, 1.54) is 53.3 Å². The van der Waals surface area contributed by atoms with E-state index in [2.05, 4.69) is 57.3 Å². The Morgan fingerprint density at radius 3 is 3.11 bits per heavy atom. The zero-order valence-electron chi connectivity index (χ0n) is 10.7. The lowest BCUT2D eigenvalue weighted by atomic mass is 9.92. The van der Waals surface area contributed by atoms with Gasteiger partial charge in [-0.1, -0.05) is 6.07 Å². The van der Waals surface area contributed by atoms with Crippen LogP contribution in [-0.2, 0) is 13.5 Å². The second kappa shape index (κ2) is 5.06. The fourth-order valence-corrected chi connectivity index (χ4v) is 3.57. The topological polar surface area (TPSA) is 17.0 Å². The van der Waals surface area contributed by atoms with Gasteiger partial charge >= 0.3 is 0 Å². The first-order valence-electron chi connectivity index (χ1n) is 6.68. The molecule has 1 atom stereocenters. The van der Waals surface area contributed by atoms with Crippen LogP contribution in [0.1, 0.15) is 18.4 Å². The molecule has 1 aliphatic rings. The van der Waals surface area contributed by atoms with E-state index in [1.807, 2.05) is 0 Å². The van der Waals surface area contributed by atoms with Crippen LogP contribution >= 0.6 is 15.9 Å². The molecule has 1 aromatic carbocycles. The highest BCUT2D eigenvalue weighted by Crippen LogP contribution is 2.27. The van der Waals surface area contributed by atoms with Crippen LogP contribution in [0, 0.1) is 5.92 Å². The molecule has 0 aliphatic carbocycles. The van der Waals surface area contributed by atoms with Crippen LogP contribution in [0.15, 0.2) is 28.9 Å². The molecule has 3 heteroatoms. The highest BCUT2D eigenvalue weighted by atomic mass is 79.9. The number of fused-ring (bicyclic) bond motifs is 1. The van der Waals surface area contributed by atoms with Gasteiger partial charge in [-0.2, -0.15) is 0 Å². The summed E-state index contributed by atoms with van der Waals surface area (Å²) in [6.07, 6.45) is 6.02. The maximum Gasteiger partial charge on any atom is 0.0489 e. The van der Waals surface area contributed by atoms with E-state index < -0.39 is 0 Å². The monoisotopic (exact) mass is 306 g/mol. The van der Waals surface area contributed by atoms with E-state index in [9.17, 15) is 0 Å². The molecular weight excluding hydrogens is 288 g/mol. The molecule has 0 saturated carbocycles. The normalized spacial score (nSPS) is 20.4. The van der Waals surface area contributed by atoms with Gasteiger partial charge in [-0.05, 0) is 71.9 Å². The second-order valence-corrected chi connectivity index (χ2v) is 6.21. The maximum absolute atomic E-state index is 3.64. The third kappa shape index (κ3) is 2.34. The molecule has 96 valence electrons. The smallest absolute Gasteiger partial charge is 0.0489 e. The Morgan fingerprint density at radius 2 is 2.33 bits per heavy atom. The van der Waals surface area contributed by atoms with Crippen molar-refractivity contribution >= 4 is 26.8 Å². The number of piperidine rings is 1. The summed E-state index contributed by atoms with van der Waals surface area (Å²) >= 11 is 3.64. The predicted molar refractivity (Wildman–Crippen MR) is 79.9 cm³/mol. The number of hydrogen-bond donors (Lipinski definition) is 1. The SMILES string of the molecule is Cn1cc(Br)c2cc(CC3CCCNC3)ccc21. The molecule has 0 amide bonds. The zero-order valence-corrected chi connectivity index (χ0v) is 12.3. The van der Waals surface area contributed by atoms with Crippen molar-refractivity contribution in [1.82, 2.24) is 9.88 Å². The number of nitrogens with one attached hydrogen (secondary N) is 1. The van der Waals surface area contributed by atoms with Crippen molar-refractivity contribution in [3.8, 4) is 0 Å². The molecule has 2 heterocycles. The molecular formula is C15H19BrN2. The minimum absolute atomic E-state index is 0.804. The third-order valence-electron chi connectivity index (χ3n) is 3.93. The fraction of sp³-hybridized carbons (Fsp3) is 0.467. The Balaban J connectivity index is 1.86. The lowest BCUT2D eigenvalue weighted by Gasteiger charge is -2.22. The summed E-state index contributed by atoms with van der Waals surface area (Å²) < 4.78 is 3.37. The molecule has 1 unspecified atom stereocenters. The highest BCUT2D eigenvalue weighted by Gasteiger charge is 2.14. The molecule has 1 fully saturated rings. The number of hydrogen-bond acceptors (Lipinski definition) is 1. The number of aryl methyl sites for hydroxylation is 1. The van der Waals surface area contributed by atoms with Gasteiger partial charge in [0.05, 0.1) is 0 Å². The number of nitrogens with zero attached hydrogens (tertiary/aromatic N) is 1. The molecule has 3 rings (SSSR count). The second-order valence-electron chi connectivity index (χ2n) is 5.36. The lowest BCUT2D eigenvalue weighted by Crippen LogP contribution is -2.30. The van der Waals surface area contributed by atoms with Gasteiger partial charge in [-0.3, -0.25) is 0 Å². The van der Waals surface area contributed by atoms with Gasteiger partial charge in [0.2, 0.25) is 0 Å². The van der Waals surface area contributed by atoms with E-state index in [0.29, 0.717) is 0 Å². The number of aromatic nitrogens is 1. The van der Waals surface area contributed by atoms with Crippen molar-refractivity contribution in [2.24, 2.45) is 13.0 Å². The molecule has 1 N–H and O–H groups in total. The van der Waals surface area contributed by atoms with Gasteiger partial charge in [0, 0.05) is 28.6 Å². The highest BCUT2D eigenvalue weighted by molar-refractivity contribution is 9.10. The van der Waals surface area contributed by atoms with E-state index in [0.717, 1.165) is 5.92 Å². The molecule has 1 saturated heterocycles. The van der Waals surface area contributed by atoms with Gasteiger partial charge < -0.3 is 9.88 Å². The summed E-state index contributed by atoms with van der Waals surface area (Å²) in [7, 11) is 2.10. The van der Waals surface area contributed by atoms with Gasteiger partial charge in [0.25, 0.3) is 0 Å². The first kappa shape index (κ1) is 12.2. The average Bonchev–Trinajstić information content (AvgIpc) is 2.66. The Bertz CT molecular complexity index is 553. The summed E-state index contributed by atoms with van der Waals surface area (Å²) in [4.78, 5) is 0. The fourth-order valence-electron chi connectivity index (χ4n) is 2.95. The van der Waals surface area contributed by atoms with Crippen molar-refractivity contribution in [3.05, 3.63) is 34.4 Å². The van der Waals surface area contributed by atoms with Crippen LogP contribution in [0.2, 0.25) is 0 Å². The van der Waals surface area contributed by atoms with E-state index in [4.69, 9.17) is 0 Å². The standard InChI is InChI=1S/C15H19BrN2/c1-18-10-14(16)13-8-11(4-5-15(13)18)7-12-3-2-6-17-9-12/h4-5,8,10,12,17H,2-3,6-7,9H2,1H3. The molecule has 0 bridgehead atoms. The maximum atomic E-state index is 3.64. The van der Waals surface area contributed by atoms with Crippen molar-refractivity contribution in [2.75, 3.05) is 13.1 Å². The minimum atomic E-state index is 0.804. The number of halogens is 1. The molecule has 0 radical (unpaired) electrons. The number of rotatable bonds is 2. The van der Waals surface area contributed by atoms with E-state index in [-0.39, 0.29) is 0 Å². The summed E-state index contributed by atoms with van der Waals surface area (Å²) in [5.74, 6) is 0.804. The largest absolute Gasteiger partial charge is 0.349 e. The Kier molecular flexibility index (Phi) is 3.44. The summed E-state index contributed by atoms with van der Waals surface area (Å²) in [6.45, 7) is 2.37. The molecule has 2 nitrogen and oxygen atoms in total. The molecule has 18 heavy (non-hydrogen) atoms. The Labute approximate surface area is 116 Å². The van der Waals surface area contributed by atoms with Crippen molar-refractivity contribution in [3.63, 3.8) is 0 Å². The van der Waals surface area contributed by atoms with Crippen LogP contribution in [0.4, 0.5) is 0 Å². The average molecular weight is 307 g/mol. The predicted octanol–water partition coefficient (Wildman–Crippen LogP) is 3.48. The van der Waals surface area contributed by atoms with E-state index >= 15 is 0 Å². The lowest BCUT2D eigenvalue weighted by molar-refractivity contribution is 0.376. The summed E-state index contributed by atoms with van der Waals surface area (Å²) in [5.41, 5.74) is 2.76. The van der Waals surface area contributed by atoms with Crippen LogP contribution in [0.5, 0.6) is 0 Å². The molecule has 0 spiro atoms. The first-order valence-corrected chi connectivity index (χ1v) is 7.47. The van der Waals surface area contributed by atoms with Crippen molar-refractivity contribution in [2.45, 2.75) is 19.3 Å². The van der Waals surface area contributed by atoms with Gasteiger partial charge in [0.15, 0.2) is 0 Å². The van der Waals surface area contributed by atoms with Crippen molar-refractivity contribution < 1.29 is 0 Å². The summed E-state index contributed by atoms with van der Waals surface area (Å²) in [6, 6.07) is 6.86. The molecule has 1 aromatic heterocycles. The summed E-state index contributed by atoms with van der Waals surface area (Å²) in [5, 5.41) is 4.83. The zero-order chi connectivity index (χ0) is 12.5. The van der Waals surface area contributed by atoms with Crippen molar-refractivity contribution in [1.29, 1.82) is 0 Å². The Morgan fingerprint density at radius 1 is 1.44 bits per heavy atom. The van der Waals surface area contributed by atoms with Gasteiger partial charge in [0.1, 0.15) is 0 Å².